The third-order valence-corrected chi connectivity index (χ3v) is 4.91. The Balaban J connectivity index is 2.92. The van der Waals surface area contributed by atoms with Crippen LogP contribution in [0.5, 0.6) is 11.5 Å². The van der Waals surface area contributed by atoms with Gasteiger partial charge in [-0.15, -0.1) is 0 Å². The van der Waals surface area contributed by atoms with Crippen LogP contribution in [-0.4, -0.2) is 22.6 Å². The number of benzene rings is 2. The molecule has 0 fully saturated rings. The molecule has 0 heterocycles. The molecule has 0 spiro atoms. The number of aromatic hydroxyl groups is 2. The highest BCUT2D eigenvalue weighted by Gasteiger charge is 2.72. The van der Waals surface area contributed by atoms with Crippen molar-refractivity contribution in [1.29, 1.82) is 0 Å². The Kier molecular flexibility index (Phi) is 6.45. The summed E-state index contributed by atoms with van der Waals surface area (Å²) in [4.78, 5) is 0. The van der Waals surface area contributed by atoms with Gasteiger partial charge in [0.15, 0.2) is 0 Å². The lowest BCUT2D eigenvalue weighted by atomic mass is 9.72. The molecule has 2 aromatic carbocycles. The molecular formula is C21H22F6O2. The van der Waals surface area contributed by atoms with Crippen LogP contribution in [0.15, 0.2) is 36.4 Å². The highest BCUT2D eigenvalue weighted by atomic mass is 19.4. The Morgan fingerprint density at radius 1 is 0.655 bits per heavy atom. The minimum absolute atomic E-state index is 0.00966. The standard InChI is InChI=1S/C21H22F6O2/c1-3-5-13-11-15(7-9-17(13)28)19(20(22,23)24,21(25,26)27)16-8-10-18(29)14(12-16)6-4-2/h7-12,28-29H,3-6H2,1-2H3. The van der Waals surface area contributed by atoms with Crippen LogP contribution in [0.3, 0.4) is 0 Å². The van der Waals surface area contributed by atoms with Crippen LogP contribution in [0.25, 0.3) is 0 Å². The van der Waals surface area contributed by atoms with Crippen molar-refractivity contribution in [2.24, 2.45) is 0 Å². The Morgan fingerprint density at radius 3 is 1.28 bits per heavy atom. The number of hydrogen-bond acceptors (Lipinski definition) is 2. The monoisotopic (exact) mass is 420 g/mol. The highest BCUT2D eigenvalue weighted by molar-refractivity contribution is 5.51. The van der Waals surface area contributed by atoms with E-state index in [9.17, 15) is 36.6 Å². The van der Waals surface area contributed by atoms with Crippen LogP contribution in [0.1, 0.15) is 48.9 Å². The maximum atomic E-state index is 14.2. The van der Waals surface area contributed by atoms with Gasteiger partial charge in [0.05, 0.1) is 0 Å². The SMILES string of the molecule is CCCc1cc(C(c2ccc(O)c(CCC)c2)(C(F)(F)F)C(F)(F)F)ccc1O. The Bertz CT molecular complexity index is 784. The quantitative estimate of drug-likeness (QED) is 0.530. The number of hydrogen-bond donors (Lipinski definition) is 2. The Labute approximate surface area is 164 Å². The van der Waals surface area contributed by atoms with Gasteiger partial charge in [-0.3, -0.25) is 0 Å². The first-order chi connectivity index (χ1) is 13.4. The van der Waals surface area contributed by atoms with E-state index in [4.69, 9.17) is 0 Å². The minimum Gasteiger partial charge on any atom is -0.508 e. The number of phenolic OH excluding ortho intramolecular Hbond substituents is 2. The second-order valence-electron chi connectivity index (χ2n) is 6.93. The molecule has 0 unspecified atom stereocenters. The third kappa shape index (κ3) is 4.02. The van der Waals surface area contributed by atoms with E-state index < -0.39 is 28.9 Å². The molecule has 2 nitrogen and oxygen atoms in total. The van der Waals surface area contributed by atoms with Gasteiger partial charge >= 0.3 is 12.4 Å². The Hall–Kier alpha value is -2.38. The fraction of sp³-hybridized carbons (Fsp3) is 0.429. The molecule has 2 rings (SSSR count). The zero-order chi connectivity index (χ0) is 22.0. The van der Waals surface area contributed by atoms with Gasteiger partial charge in [-0.2, -0.15) is 26.3 Å². The molecule has 0 aromatic heterocycles. The molecular weight excluding hydrogens is 398 g/mol. The number of aryl methyl sites for hydroxylation is 2. The lowest BCUT2D eigenvalue weighted by Crippen LogP contribution is -2.54. The number of rotatable bonds is 6. The average Bonchev–Trinajstić information content (AvgIpc) is 2.59. The van der Waals surface area contributed by atoms with Gasteiger partial charge in [0, 0.05) is 0 Å². The number of alkyl halides is 6. The first kappa shape index (κ1) is 22.9. The first-order valence-corrected chi connectivity index (χ1v) is 9.18. The lowest BCUT2D eigenvalue weighted by molar-refractivity contribution is -0.288. The maximum absolute atomic E-state index is 14.2. The van der Waals surface area contributed by atoms with Crippen molar-refractivity contribution in [3.63, 3.8) is 0 Å². The summed E-state index contributed by atoms with van der Waals surface area (Å²) in [6.07, 6.45) is -10.3. The van der Waals surface area contributed by atoms with Gasteiger partial charge in [0.25, 0.3) is 0 Å². The first-order valence-electron chi connectivity index (χ1n) is 9.18. The molecule has 2 aromatic rings. The van der Waals surface area contributed by atoms with Crippen molar-refractivity contribution >= 4 is 0 Å². The fourth-order valence-electron chi connectivity index (χ4n) is 3.56. The molecule has 0 saturated carbocycles. The van der Waals surface area contributed by atoms with Crippen LogP contribution in [0.2, 0.25) is 0 Å². The molecule has 0 radical (unpaired) electrons. The smallest absolute Gasteiger partial charge is 0.411 e. The van der Waals surface area contributed by atoms with Crippen LogP contribution in [0, 0.1) is 0 Å². The summed E-state index contributed by atoms with van der Waals surface area (Å²) >= 11 is 0. The van der Waals surface area contributed by atoms with E-state index in [1.54, 1.807) is 13.8 Å². The van der Waals surface area contributed by atoms with E-state index in [1.807, 2.05) is 0 Å². The molecule has 2 N–H and O–H groups in total. The van der Waals surface area contributed by atoms with Crippen molar-refractivity contribution in [3.05, 3.63) is 58.7 Å². The van der Waals surface area contributed by atoms with E-state index in [-0.39, 0.29) is 35.5 Å². The summed E-state index contributed by atoms with van der Waals surface area (Å²) in [5.74, 6) is -0.711. The molecule has 0 saturated heterocycles. The molecule has 0 aliphatic rings. The number of halogens is 6. The summed E-state index contributed by atoms with van der Waals surface area (Å²) in [5, 5.41) is 19.7. The molecule has 0 atom stereocenters. The normalized spacial score (nSPS) is 13.0. The van der Waals surface area contributed by atoms with E-state index in [0.29, 0.717) is 25.0 Å². The summed E-state index contributed by atoms with van der Waals surface area (Å²) in [6.45, 7) is 3.40. The summed E-state index contributed by atoms with van der Waals surface area (Å²) in [7, 11) is 0. The van der Waals surface area contributed by atoms with E-state index in [0.717, 1.165) is 24.3 Å². The van der Waals surface area contributed by atoms with E-state index in [1.165, 1.54) is 0 Å². The van der Waals surface area contributed by atoms with Crippen molar-refractivity contribution in [2.75, 3.05) is 0 Å². The van der Waals surface area contributed by atoms with Gasteiger partial charge in [0.1, 0.15) is 11.5 Å². The second kappa shape index (κ2) is 8.16. The predicted octanol–water partition coefficient (Wildman–Crippen LogP) is 6.41. The van der Waals surface area contributed by atoms with E-state index in [2.05, 4.69) is 0 Å². The van der Waals surface area contributed by atoms with Crippen molar-refractivity contribution < 1.29 is 36.6 Å². The van der Waals surface area contributed by atoms with Gasteiger partial charge in [0.2, 0.25) is 5.41 Å². The molecule has 0 aliphatic heterocycles. The van der Waals surface area contributed by atoms with Gasteiger partial charge < -0.3 is 10.2 Å². The molecule has 29 heavy (non-hydrogen) atoms. The molecule has 160 valence electrons. The van der Waals surface area contributed by atoms with Gasteiger partial charge in [-0.25, -0.2) is 0 Å². The fourth-order valence-corrected chi connectivity index (χ4v) is 3.56. The van der Waals surface area contributed by atoms with Crippen molar-refractivity contribution in [1.82, 2.24) is 0 Å². The van der Waals surface area contributed by atoms with Crippen LogP contribution < -0.4 is 0 Å². The molecule has 8 heteroatoms. The van der Waals surface area contributed by atoms with Crippen LogP contribution >= 0.6 is 0 Å². The van der Waals surface area contributed by atoms with Gasteiger partial charge in [-0.1, -0.05) is 51.0 Å². The van der Waals surface area contributed by atoms with Crippen molar-refractivity contribution in [3.8, 4) is 11.5 Å². The van der Waals surface area contributed by atoms with Crippen LogP contribution in [-0.2, 0) is 18.3 Å². The van der Waals surface area contributed by atoms with Gasteiger partial charge in [-0.05, 0) is 47.2 Å². The summed E-state index contributed by atoms with van der Waals surface area (Å²) in [6, 6.07) is 4.57. The van der Waals surface area contributed by atoms with Crippen LogP contribution in [0.4, 0.5) is 26.3 Å². The largest absolute Gasteiger partial charge is 0.508 e. The molecule has 0 aliphatic carbocycles. The highest BCUT2D eigenvalue weighted by Crippen LogP contribution is 2.57. The zero-order valence-corrected chi connectivity index (χ0v) is 16.0. The second-order valence-corrected chi connectivity index (χ2v) is 6.93. The topological polar surface area (TPSA) is 40.5 Å². The van der Waals surface area contributed by atoms with Crippen molar-refractivity contribution in [2.45, 2.75) is 57.3 Å². The Morgan fingerprint density at radius 2 is 1.00 bits per heavy atom. The predicted molar refractivity (Wildman–Crippen MR) is 97.1 cm³/mol. The molecule has 0 bridgehead atoms. The number of phenols is 2. The lowest BCUT2D eigenvalue weighted by Gasteiger charge is -2.38. The average molecular weight is 420 g/mol. The maximum Gasteiger partial charge on any atom is 0.411 e. The summed E-state index contributed by atoms with van der Waals surface area (Å²) in [5.41, 5.74) is -6.32. The third-order valence-electron chi connectivity index (χ3n) is 4.91. The van der Waals surface area contributed by atoms with E-state index >= 15 is 0 Å². The molecule has 0 amide bonds. The summed E-state index contributed by atoms with van der Waals surface area (Å²) < 4.78 is 85.4. The minimum atomic E-state index is -5.72. The zero-order valence-electron chi connectivity index (χ0n) is 16.0.